The van der Waals surface area contributed by atoms with E-state index in [4.69, 9.17) is 5.73 Å². The van der Waals surface area contributed by atoms with Crippen molar-refractivity contribution in [2.75, 3.05) is 5.73 Å². The zero-order valence-corrected chi connectivity index (χ0v) is 10.7. The van der Waals surface area contributed by atoms with Crippen LogP contribution in [0.25, 0.3) is 0 Å². The van der Waals surface area contributed by atoms with Crippen LogP contribution in [0, 0.1) is 6.92 Å². The average molecular weight is 238 g/mol. The highest BCUT2D eigenvalue weighted by Crippen LogP contribution is 2.25. The number of fused-ring (bicyclic) bond motifs is 1. The second-order valence-electron chi connectivity index (χ2n) is 5.12. The minimum Gasteiger partial charge on any atom is -0.398 e. The van der Waals surface area contributed by atoms with E-state index in [0.717, 1.165) is 25.3 Å². The van der Waals surface area contributed by atoms with Gasteiger partial charge in [-0.2, -0.15) is 0 Å². The third-order valence-corrected chi connectivity index (χ3v) is 3.60. The number of hydrogen-bond acceptors (Lipinski definition) is 2. The lowest BCUT2D eigenvalue weighted by molar-refractivity contribution is 0.276. The maximum Gasteiger partial charge on any atom is 0.0362 e. The summed E-state index contributed by atoms with van der Waals surface area (Å²) in [6.07, 6.45) is 0. The van der Waals surface area contributed by atoms with Crippen LogP contribution in [0.5, 0.6) is 0 Å². The number of hydrogen-bond donors (Lipinski definition) is 1. The van der Waals surface area contributed by atoms with Gasteiger partial charge in [0.05, 0.1) is 0 Å². The molecule has 0 fully saturated rings. The summed E-state index contributed by atoms with van der Waals surface area (Å²) in [4.78, 5) is 2.44. The molecule has 1 aliphatic heterocycles. The Balaban J connectivity index is 1.76. The van der Waals surface area contributed by atoms with Crippen molar-refractivity contribution >= 4 is 5.69 Å². The molecule has 3 rings (SSSR count). The van der Waals surface area contributed by atoms with Crippen molar-refractivity contribution in [1.29, 1.82) is 0 Å². The molecule has 2 nitrogen and oxygen atoms in total. The topological polar surface area (TPSA) is 29.3 Å². The second-order valence-corrected chi connectivity index (χ2v) is 5.12. The first-order valence-corrected chi connectivity index (χ1v) is 6.36. The van der Waals surface area contributed by atoms with E-state index in [9.17, 15) is 0 Å². The zero-order valence-electron chi connectivity index (χ0n) is 10.7. The molecule has 0 bridgehead atoms. The molecule has 2 aromatic carbocycles. The number of nitrogens with two attached hydrogens (primary N) is 1. The summed E-state index contributed by atoms with van der Waals surface area (Å²) in [5.41, 5.74) is 12.3. The largest absolute Gasteiger partial charge is 0.398 e. The maximum atomic E-state index is 6.08. The van der Waals surface area contributed by atoms with E-state index in [0.29, 0.717) is 0 Å². The van der Waals surface area contributed by atoms with Crippen LogP contribution in [0.15, 0.2) is 42.5 Å². The van der Waals surface area contributed by atoms with Gasteiger partial charge in [0.25, 0.3) is 0 Å². The third kappa shape index (κ3) is 2.12. The Labute approximate surface area is 108 Å². The maximum absolute atomic E-state index is 6.08. The zero-order chi connectivity index (χ0) is 12.5. The SMILES string of the molecule is Cc1ccc(CN2Cc3ccccc3C2)c(N)c1. The van der Waals surface area contributed by atoms with Crippen molar-refractivity contribution < 1.29 is 0 Å². The minimum absolute atomic E-state index is 0.908. The molecule has 0 aliphatic carbocycles. The number of nitrogen functional groups attached to an aromatic ring is 1. The lowest BCUT2D eigenvalue weighted by Gasteiger charge is -2.16. The molecule has 0 saturated carbocycles. The molecule has 18 heavy (non-hydrogen) atoms. The summed E-state index contributed by atoms with van der Waals surface area (Å²) in [5, 5.41) is 0. The van der Waals surface area contributed by atoms with Crippen LogP contribution < -0.4 is 5.73 Å². The average Bonchev–Trinajstić information content (AvgIpc) is 2.75. The fourth-order valence-electron chi connectivity index (χ4n) is 2.61. The Kier molecular flexibility index (Phi) is 2.80. The van der Waals surface area contributed by atoms with Gasteiger partial charge < -0.3 is 5.73 Å². The lowest BCUT2D eigenvalue weighted by Crippen LogP contribution is -2.16. The Morgan fingerprint density at radius 2 is 1.72 bits per heavy atom. The van der Waals surface area contributed by atoms with Crippen molar-refractivity contribution in [3.63, 3.8) is 0 Å². The smallest absolute Gasteiger partial charge is 0.0362 e. The van der Waals surface area contributed by atoms with Crippen LogP contribution in [0.3, 0.4) is 0 Å². The van der Waals surface area contributed by atoms with Gasteiger partial charge in [-0.1, -0.05) is 36.4 Å². The van der Waals surface area contributed by atoms with E-state index in [1.165, 1.54) is 22.3 Å². The molecule has 0 spiro atoms. The van der Waals surface area contributed by atoms with Crippen LogP contribution in [-0.2, 0) is 19.6 Å². The van der Waals surface area contributed by atoms with E-state index >= 15 is 0 Å². The highest BCUT2D eigenvalue weighted by atomic mass is 15.1. The first kappa shape index (κ1) is 11.3. The van der Waals surface area contributed by atoms with Gasteiger partial charge >= 0.3 is 0 Å². The van der Waals surface area contributed by atoms with Crippen molar-refractivity contribution in [2.24, 2.45) is 0 Å². The molecule has 2 heteroatoms. The van der Waals surface area contributed by atoms with Gasteiger partial charge in [0, 0.05) is 25.3 Å². The first-order valence-electron chi connectivity index (χ1n) is 6.36. The van der Waals surface area contributed by atoms with Crippen molar-refractivity contribution in [3.05, 3.63) is 64.7 Å². The summed E-state index contributed by atoms with van der Waals surface area (Å²) >= 11 is 0. The molecular formula is C16H18N2. The third-order valence-electron chi connectivity index (χ3n) is 3.60. The number of anilines is 1. The van der Waals surface area contributed by atoms with E-state index in [1.54, 1.807) is 0 Å². The van der Waals surface area contributed by atoms with Gasteiger partial charge in [0.15, 0.2) is 0 Å². The normalized spacial score (nSPS) is 14.7. The minimum atomic E-state index is 0.908. The molecule has 0 saturated heterocycles. The summed E-state index contributed by atoms with van der Waals surface area (Å²) in [5.74, 6) is 0. The highest BCUT2D eigenvalue weighted by Gasteiger charge is 2.18. The molecule has 0 unspecified atom stereocenters. The Bertz CT molecular complexity index is 550. The van der Waals surface area contributed by atoms with Crippen molar-refractivity contribution in [1.82, 2.24) is 4.90 Å². The summed E-state index contributed by atoms with van der Waals surface area (Å²) in [6.45, 7) is 5.07. The van der Waals surface area contributed by atoms with Crippen LogP contribution in [0.2, 0.25) is 0 Å². The van der Waals surface area contributed by atoms with Gasteiger partial charge in [-0.15, -0.1) is 0 Å². The Morgan fingerprint density at radius 1 is 1.06 bits per heavy atom. The lowest BCUT2D eigenvalue weighted by atomic mass is 10.1. The molecule has 2 aromatic rings. The molecule has 0 aromatic heterocycles. The van der Waals surface area contributed by atoms with Crippen molar-refractivity contribution in [3.8, 4) is 0 Å². The molecule has 2 N–H and O–H groups in total. The summed E-state index contributed by atoms with van der Waals surface area (Å²) < 4.78 is 0. The first-order chi connectivity index (χ1) is 8.72. The molecule has 1 heterocycles. The van der Waals surface area contributed by atoms with Gasteiger partial charge in [-0.05, 0) is 35.2 Å². The summed E-state index contributed by atoms with van der Waals surface area (Å²) in [7, 11) is 0. The standard InChI is InChI=1S/C16H18N2/c1-12-6-7-15(16(17)8-12)11-18-9-13-4-2-3-5-14(13)10-18/h2-8H,9-11,17H2,1H3. The van der Waals surface area contributed by atoms with Crippen molar-refractivity contribution in [2.45, 2.75) is 26.6 Å². The van der Waals surface area contributed by atoms with Crippen LogP contribution in [0.4, 0.5) is 5.69 Å². The van der Waals surface area contributed by atoms with Gasteiger partial charge in [0.1, 0.15) is 0 Å². The van der Waals surface area contributed by atoms with E-state index in [-0.39, 0.29) is 0 Å². The summed E-state index contributed by atoms with van der Waals surface area (Å²) in [6, 6.07) is 15.0. The van der Waals surface area contributed by atoms with E-state index in [2.05, 4.69) is 54.3 Å². The Hall–Kier alpha value is -1.80. The molecule has 0 atom stereocenters. The number of benzene rings is 2. The number of nitrogens with zero attached hydrogens (tertiary/aromatic N) is 1. The van der Waals surface area contributed by atoms with Crippen LogP contribution in [-0.4, -0.2) is 4.90 Å². The van der Waals surface area contributed by atoms with E-state index < -0.39 is 0 Å². The number of rotatable bonds is 2. The monoisotopic (exact) mass is 238 g/mol. The van der Waals surface area contributed by atoms with Crippen LogP contribution >= 0.6 is 0 Å². The predicted molar refractivity (Wildman–Crippen MR) is 75.0 cm³/mol. The Morgan fingerprint density at radius 3 is 2.33 bits per heavy atom. The fraction of sp³-hybridized carbons (Fsp3) is 0.250. The quantitative estimate of drug-likeness (QED) is 0.815. The molecular weight excluding hydrogens is 220 g/mol. The second kappa shape index (κ2) is 4.46. The molecule has 92 valence electrons. The number of aryl methyl sites for hydroxylation is 1. The van der Waals surface area contributed by atoms with Gasteiger partial charge in [-0.3, -0.25) is 4.90 Å². The fourth-order valence-corrected chi connectivity index (χ4v) is 2.61. The van der Waals surface area contributed by atoms with Gasteiger partial charge in [0.2, 0.25) is 0 Å². The predicted octanol–water partition coefficient (Wildman–Crippen LogP) is 3.09. The molecule has 0 radical (unpaired) electrons. The van der Waals surface area contributed by atoms with E-state index in [1.807, 2.05) is 0 Å². The molecule has 0 amide bonds. The van der Waals surface area contributed by atoms with Crippen LogP contribution in [0.1, 0.15) is 22.3 Å². The van der Waals surface area contributed by atoms with Gasteiger partial charge in [-0.25, -0.2) is 0 Å². The highest BCUT2D eigenvalue weighted by molar-refractivity contribution is 5.49. The molecule has 1 aliphatic rings.